The van der Waals surface area contributed by atoms with Gasteiger partial charge in [-0.3, -0.25) is 9.59 Å². The summed E-state index contributed by atoms with van der Waals surface area (Å²) in [7, 11) is 6.21. The van der Waals surface area contributed by atoms with Gasteiger partial charge in [-0.2, -0.15) is 0 Å². The fraction of sp³-hybridized carbons (Fsp3) is 0.857. The summed E-state index contributed by atoms with van der Waals surface area (Å²) in [6.45, 7) is 1.98. The molecule has 0 spiro atoms. The molecule has 0 aromatic heterocycles. The van der Waals surface area contributed by atoms with Crippen LogP contribution in [-0.4, -0.2) is 36.7 Å². The Morgan fingerprint density at radius 2 is 1.90 bits per heavy atom. The van der Waals surface area contributed by atoms with Gasteiger partial charge in [0.25, 0.3) is 0 Å². The monoisotopic (exact) mass is 318 g/mol. The first-order valence-corrected chi connectivity index (χ1v) is 9.23. The molecular weight excluding hydrogens is 296 g/mol. The normalized spacial score (nSPS) is 22.8. The molecule has 1 unspecified atom stereocenters. The van der Waals surface area contributed by atoms with E-state index in [2.05, 4.69) is 0 Å². The fourth-order valence-electron chi connectivity index (χ4n) is 2.31. The molecule has 0 amide bonds. The van der Waals surface area contributed by atoms with Crippen molar-refractivity contribution in [3.63, 3.8) is 0 Å². The maximum absolute atomic E-state index is 12.0. The standard InChI is InChI=1S/C14H22O4S2/c1-13(10-4-5-10,12(16)18-3)20-19-9-14(6-7-14)8-11(15)17-2/h10H,4-9H2,1-3H3. The molecule has 1 atom stereocenters. The van der Waals surface area contributed by atoms with Crippen LogP contribution < -0.4 is 0 Å². The molecule has 0 saturated heterocycles. The van der Waals surface area contributed by atoms with E-state index in [4.69, 9.17) is 9.47 Å². The minimum atomic E-state index is -0.444. The molecule has 6 heteroatoms. The second-order valence-corrected chi connectivity index (χ2v) is 8.72. The summed E-state index contributed by atoms with van der Waals surface area (Å²) in [6.07, 6.45) is 4.86. The molecule has 2 rings (SSSR count). The highest BCUT2D eigenvalue weighted by molar-refractivity contribution is 8.77. The molecule has 2 aliphatic rings. The lowest BCUT2D eigenvalue weighted by atomic mass is 10.1. The van der Waals surface area contributed by atoms with Crippen molar-refractivity contribution in [1.29, 1.82) is 0 Å². The topological polar surface area (TPSA) is 52.6 Å². The van der Waals surface area contributed by atoms with E-state index in [0.29, 0.717) is 12.3 Å². The van der Waals surface area contributed by atoms with Crippen molar-refractivity contribution in [1.82, 2.24) is 0 Å². The van der Waals surface area contributed by atoms with E-state index in [1.165, 1.54) is 14.2 Å². The average molecular weight is 318 g/mol. The second-order valence-electron chi connectivity index (χ2n) is 5.97. The lowest BCUT2D eigenvalue weighted by molar-refractivity contribution is -0.144. The van der Waals surface area contributed by atoms with Crippen LogP contribution >= 0.6 is 21.6 Å². The molecule has 2 aliphatic carbocycles. The highest BCUT2D eigenvalue weighted by Gasteiger charge is 2.50. The lowest BCUT2D eigenvalue weighted by Crippen LogP contribution is -2.34. The second kappa shape index (κ2) is 6.18. The SMILES string of the molecule is COC(=O)CC1(CSSC(C)(C(=O)OC)C2CC2)CC1. The third-order valence-corrected chi connectivity index (χ3v) is 7.69. The Morgan fingerprint density at radius 3 is 2.35 bits per heavy atom. The number of methoxy groups -OCH3 is 2. The Hall–Kier alpha value is -0.360. The van der Waals surface area contributed by atoms with Gasteiger partial charge in [-0.25, -0.2) is 0 Å². The molecule has 20 heavy (non-hydrogen) atoms. The maximum atomic E-state index is 12.0. The zero-order chi connectivity index (χ0) is 14.8. The molecule has 2 fully saturated rings. The molecule has 4 nitrogen and oxygen atoms in total. The molecule has 0 radical (unpaired) electrons. The van der Waals surface area contributed by atoms with Crippen LogP contribution in [0.1, 0.15) is 39.0 Å². The van der Waals surface area contributed by atoms with Crippen LogP contribution in [0, 0.1) is 11.3 Å². The summed E-state index contributed by atoms with van der Waals surface area (Å²) in [4.78, 5) is 23.4. The van der Waals surface area contributed by atoms with E-state index < -0.39 is 4.75 Å². The van der Waals surface area contributed by atoms with Gasteiger partial charge in [-0.05, 0) is 43.9 Å². The first-order chi connectivity index (χ1) is 9.46. The quantitative estimate of drug-likeness (QED) is 0.506. The van der Waals surface area contributed by atoms with Crippen LogP contribution in [0.15, 0.2) is 0 Å². The zero-order valence-corrected chi connectivity index (χ0v) is 13.9. The lowest BCUT2D eigenvalue weighted by Gasteiger charge is -2.26. The minimum Gasteiger partial charge on any atom is -0.469 e. The number of hydrogen-bond acceptors (Lipinski definition) is 6. The van der Waals surface area contributed by atoms with E-state index >= 15 is 0 Å². The van der Waals surface area contributed by atoms with Crippen molar-refractivity contribution in [2.45, 2.75) is 43.8 Å². The number of carbonyl (C=O) groups excluding carboxylic acids is 2. The first-order valence-electron chi connectivity index (χ1n) is 6.92. The smallest absolute Gasteiger partial charge is 0.322 e. The van der Waals surface area contributed by atoms with Crippen molar-refractivity contribution in [3.05, 3.63) is 0 Å². The number of hydrogen-bond donors (Lipinski definition) is 0. The molecular formula is C14H22O4S2. The first kappa shape index (κ1) is 16.0. The number of esters is 2. The van der Waals surface area contributed by atoms with Gasteiger partial charge in [0, 0.05) is 5.75 Å². The molecule has 0 N–H and O–H groups in total. The average Bonchev–Trinajstić information content (AvgIpc) is 3.31. The molecule has 0 heterocycles. The Kier molecular flexibility index (Phi) is 4.95. The van der Waals surface area contributed by atoms with E-state index in [0.717, 1.165) is 31.4 Å². The molecule has 0 aromatic rings. The van der Waals surface area contributed by atoms with Gasteiger partial charge in [0.05, 0.1) is 20.6 Å². The van der Waals surface area contributed by atoms with Gasteiger partial charge in [-0.1, -0.05) is 21.6 Å². The number of rotatable bonds is 8. The van der Waals surface area contributed by atoms with Gasteiger partial charge >= 0.3 is 11.9 Å². The molecule has 2 saturated carbocycles. The highest BCUT2D eigenvalue weighted by atomic mass is 33.1. The van der Waals surface area contributed by atoms with Crippen LogP contribution in [0.25, 0.3) is 0 Å². The highest BCUT2D eigenvalue weighted by Crippen LogP contribution is 2.57. The van der Waals surface area contributed by atoms with Gasteiger partial charge in [0.2, 0.25) is 0 Å². The Bertz CT molecular complexity index is 391. The van der Waals surface area contributed by atoms with E-state index in [1.807, 2.05) is 6.92 Å². The molecule has 0 bridgehead atoms. The predicted molar refractivity (Wildman–Crippen MR) is 81.5 cm³/mol. The predicted octanol–water partition coefficient (Wildman–Crippen LogP) is 3.05. The van der Waals surface area contributed by atoms with Gasteiger partial charge < -0.3 is 9.47 Å². The summed E-state index contributed by atoms with van der Waals surface area (Å²) in [6, 6.07) is 0. The van der Waals surface area contributed by atoms with Gasteiger partial charge in [0.1, 0.15) is 4.75 Å². The Balaban J connectivity index is 1.82. The third-order valence-electron chi connectivity index (χ3n) is 4.25. The van der Waals surface area contributed by atoms with Crippen molar-refractivity contribution in [2.24, 2.45) is 11.3 Å². The minimum absolute atomic E-state index is 0.103. The van der Waals surface area contributed by atoms with Crippen LogP contribution in [0.2, 0.25) is 0 Å². The maximum Gasteiger partial charge on any atom is 0.322 e. The van der Waals surface area contributed by atoms with E-state index in [1.54, 1.807) is 21.6 Å². The summed E-state index contributed by atoms with van der Waals surface area (Å²) in [5, 5.41) is 0. The summed E-state index contributed by atoms with van der Waals surface area (Å²) in [5.41, 5.74) is 0.103. The van der Waals surface area contributed by atoms with Crippen LogP contribution in [0.4, 0.5) is 0 Å². The molecule has 0 aromatic carbocycles. The van der Waals surface area contributed by atoms with Crippen LogP contribution in [-0.2, 0) is 19.1 Å². The van der Waals surface area contributed by atoms with Crippen LogP contribution in [0.3, 0.4) is 0 Å². The Labute approximate surface area is 128 Å². The van der Waals surface area contributed by atoms with Crippen LogP contribution in [0.5, 0.6) is 0 Å². The zero-order valence-electron chi connectivity index (χ0n) is 12.3. The Morgan fingerprint density at radius 1 is 1.25 bits per heavy atom. The summed E-state index contributed by atoms with van der Waals surface area (Å²) < 4.78 is 9.25. The van der Waals surface area contributed by atoms with Gasteiger partial charge in [0.15, 0.2) is 0 Å². The largest absolute Gasteiger partial charge is 0.469 e. The fourth-order valence-corrected chi connectivity index (χ4v) is 6.05. The van der Waals surface area contributed by atoms with Gasteiger partial charge in [-0.15, -0.1) is 0 Å². The summed E-state index contributed by atoms with van der Waals surface area (Å²) >= 11 is 0. The van der Waals surface area contributed by atoms with E-state index in [9.17, 15) is 9.59 Å². The third kappa shape index (κ3) is 3.64. The van der Waals surface area contributed by atoms with E-state index in [-0.39, 0.29) is 17.4 Å². The number of ether oxygens (including phenoxy) is 2. The summed E-state index contributed by atoms with van der Waals surface area (Å²) in [5.74, 6) is 1.07. The van der Waals surface area contributed by atoms with Crippen molar-refractivity contribution < 1.29 is 19.1 Å². The van der Waals surface area contributed by atoms with Crippen molar-refractivity contribution in [3.8, 4) is 0 Å². The van der Waals surface area contributed by atoms with Crippen molar-refractivity contribution in [2.75, 3.05) is 20.0 Å². The van der Waals surface area contributed by atoms with Crippen molar-refractivity contribution >= 4 is 33.5 Å². The molecule has 114 valence electrons. The molecule has 0 aliphatic heterocycles. The number of carbonyl (C=O) groups is 2.